The molecular weight excluding hydrogens is 336 g/mol. The van der Waals surface area contributed by atoms with E-state index in [2.05, 4.69) is 5.32 Å². The summed E-state index contributed by atoms with van der Waals surface area (Å²) in [5.41, 5.74) is 6.91. The molecule has 0 saturated heterocycles. The Balaban J connectivity index is 1.92. The maximum atomic E-state index is 12.4. The zero-order valence-corrected chi connectivity index (χ0v) is 14.4. The molecule has 134 valence electrons. The standard InChI is InChI=1S/C18H18N4O4/c1-21(2)13(23)8-5-10-3-6-11(7-4-10)22-14(24)9-12-15(16(22)19)18(26)20-17(12)25/h3-4,6-7,9H,5,8,19H2,1-2H3,(H,20,25,26). The molecule has 1 aromatic carbocycles. The van der Waals surface area contributed by atoms with Crippen molar-refractivity contribution in [2.24, 2.45) is 0 Å². The normalized spacial score (nSPS) is 12.7. The van der Waals surface area contributed by atoms with E-state index >= 15 is 0 Å². The van der Waals surface area contributed by atoms with Crippen LogP contribution >= 0.6 is 0 Å². The first-order chi connectivity index (χ1) is 12.3. The van der Waals surface area contributed by atoms with Crippen molar-refractivity contribution in [1.29, 1.82) is 0 Å². The number of benzene rings is 1. The number of hydrogen-bond acceptors (Lipinski definition) is 5. The minimum absolute atomic E-state index is 0.00688. The third kappa shape index (κ3) is 2.97. The van der Waals surface area contributed by atoms with Gasteiger partial charge in [0.25, 0.3) is 17.4 Å². The van der Waals surface area contributed by atoms with Crippen molar-refractivity contribution in [3.8, 4) is 5.69 Å². The van der Waals surface area contributed by atoms with Gasteiger partial charge in [0, 0.05) is 26.6 Å². The lowest BCUT2D eigenvalue weighted by Crippen LogP contribution is -2.24. The Labute approximate surface area is 149 Å². The van der Waals surface area contributed by atoms with Crippen molar-refractivity contribution in [1.82, 2.24) is 14.8 Å². The highest BCUT2D eigenvalue weighted by Crippen LogP contribution is 2.23. The highest BCUT2D eigenvalue weighted by atomic mass is 16.2. The molecule has 0 bridgehead atoms. The maximum absolute atomic E-state index is 12.4. The average molecular weight is 354 g/mol. The number of nitrogens with two attached hydrogens (primary N) is 1. The van der Waals surface area contributed by atoms with Crippen LogP contribution in [0.3, 0.4) is 0 Å². The molecule has 3 N–H and O–H groups in total. The number of imide groups is 1. The number of rotatable bonds is 4. The summed E-state index contributed by atoms with van der Waals surface area (Å²) in [6.07, 6.45) is 0.957. The monoisotopic (exact) mass is 354 g/mol. The quantitative estimate of drug-likeness (QED) is 0.768. The molecule has 2 aromatic rings. The molecule has 2 heterocycles. The van der Waals surface area contributed by atoms with Crippen molar-refractivity contribution >= 4 is 23.5 Å². The van der Waals surface area contributed by atoms with E-state index in [9.17, 15) is 19.2 Å². The Kier molecular flexibility index (Phi) is 4.33. The molecular formula is C18H18N4O4. The second kappa shape index (κ2) is 6.47. The van der Waals surface area contributed by atoms with E-state index in [1.807, 2.05) is 0 Å². The first-order valence-corrected chi connectivity index (χ1v) is 8.00. The topological polar surface area (TPSA) is 114 Å². The Morgan fingerprint density at radius 2 is 1.77 bits per heavy atom. The van der Waals surface area contributed by atoms with Crippen molar-refractivity contribution in [3.63, 3.8) is 0 Å². The number of anilines is 1. The minimum atomic E-state index is -0.623. The van der Waals surface area contributed by atoms with Gasteiger partial charge in [-0.1, -0.05) is 12.1 Å². The van der Waals surface area contributed by atoms with Gasteiger partial charge in [-0.2, -0.15) is 0 Å². The van der Waals surface area contributed by atoms with Crippen LogP contribution in [-0.2, 0) is 11.2 Å². The number of carbonyl (C=O) groups is 3. The lowest BCUT2D eigenvalue weighted by atomic mass is 10.1. The zero-order chi connectivity index (χ0) is 19.0. The lowest BCUT2D eigenvalue weighted by Gasteiger charge is -2.13. The molecule has 26 heavy (non-hydrogen) atoms. The molecule has 0 aliphatic carbocycles. The van der Waals surface area contributed by atoms with Gasteiger partial charge in [-0.15, -0.1) is 0 Å². The average Bonchev–Trinajstić information content (AvgIpc) is 2.87. The maximum Gasteiger partial charge on any atom is 0.262 e. The highest BCUT2D eigenvalue weighted by molar-refractivity contribution is 6.23. The number of amides is 3. The lowest BCUT2D eigenvalue weighted by molar-refractivity contribution is -0.128. The van der Waals surface area contributed by atoms with Crippen LogP contribution in [0, 0.1) is 0 Å². The van der Waals surface area contributed by atoms with Crippen LogP contribution in [0.4, 0.5) is 5.82 Å². The number of nitrogens with one attached hydrogen (secondary N) is 1. The number of pyridine rings is 1. The second-order valence-corrected chi connectivity index (χ2v) is 6.23. The van der Waals surface area contributed by atoms with E-state index < -0.39 is 17.4 Å². The number of nitrogen functional groups attached to an aromatic ring is 1. The van der Waals surface area contributed by atoms with E-state index in [4.69, 9.17) is 5.73 Å². The summed E-state index contributed by atoms with van der Waals surface area (Å²) >= 11 is 0. The summed E-state index contributed by atoms with van der Waals surface area (Å²) < 4.78 is 1.19. The number of carbonyl (C=O) groups excluding carboxylic acids is 3. The van der Waals surface area contributed by atoms with Gasteiger partial charge in [-0.25, -0.2) is 0 Å². The van der Waals surface area contributed by atoms with Crippen molar-refractivity contribution in [2.45, 2.75) is 12.8 Å². The molecule has 3 rings (SSSR count). The molecule has 0 radical (unpaired) electrons. The van der Waals surface area contributed by atoms with Crippen LogP contribution < -0.4 is 16.6 Å². The van der Waals surface area contributed by atoms with E-state index in [0.29, 0.717) is 18.5 Å². The van der Waals surface area contributed by atoms with Crippen LogP contribution in [-0.4, -0.2) is 41.3 Å². The van der Waals surface area contributed by atoms with Crippen LogP contribution in [0.2, 0.25) is 0 Å². The van der Waals surface area contributed by atoms with Crippen LogP contribution in [0.25, 0.3) is 5.69 Å². The predicted octanol–water partition coefficient (Wildman–Crippen LogP) is 0.324. The van der Waals surface area contributed by atoms with Gasteiger partial charge in [0.15, 0.2) is 0 Å². The summed E-state index contributed by atoms with van der Waals surface area (Å²) in [6.45, 7) is 0. The van der Waals surface area contributed by atoms with Gasteiger partial charge in [-0.3, -0.25) is 29.1 Å². The van der Waals surface area contributed by atoms with Crippen LogP contribution in [0.5, 0.6) is 0 Å². The zero-order valence-electron chi connectivity index (χ0n) is 14.4. The Morgan fingerprint density at radius 3 is 2.38 bits per heavy atom. The number of aryl methyl sites for hydroxylation is 1. The third-order valence-electron chi connectivity index (χ3n) is 4.27. The van der Waals surface area contributed by atoms with Gasteiger partial charge >= 0.3 is 0 Å². The second-order valence-electron chi connectivity index (χ2n) is 6.23. The van der Waals surface area contributed by atoms with E-state index in [1.165, 1.54) is 9.47 Å². The summed E-state index contributed by atoms with van der Waals surface area (Å²) in [4.78, 5) is 49.1. The fraction of sp³-hybridized carbons (Fsp3) is 0.222. The fourth-order valence-electron chi connectivity index (χ4n) is 2.83. The molecule has 0 unspecified atom stereocenters. The van der Waals surface area contributed by atoms with Gasteiger partial charge in [0.2, 0.25) is 5.91 Å². The molecule has 8 heteroatoms. The SMILES string of the molecule is CN(C)C(=O)CCc1ccc(-n2c(N)c3c(cc2=O)C(=O)NC3=O)cc1. The summed E-state index contributed by atoms with van der Waals surface area (Å²) in [7, 11) is 3.41. The molecule has 3 amide bonds. The molecule has 0 spiro atoms. The van der Waals surface area contributed by atoms with Gasteiger partial charge in [0.05, 0.1) is 16.8 Å². The fourth-order valence-corrected chi connectivity index (χ4v) is 2.83. The highest BCUT2D eigenvalue weighted by Gasteiger charge is 2.31. The summed E-state index contributed by atoms with van der Waals surface area (Å²) in [5.74, 6) is -1.29. The largest absolute Gasteiger partial charge is 0.384 e. The summed E-state index contributed by atoms with van der Waals surface area (Å²) in [5, 5.41) is 2.13. The van der Waals surface area contributed by atoms with E-state index in [1.54, 1.807) is 38.4 Å². The number of hydrogen-bond donors (Lipinski definition) is 2. The Bertz CT molecular complexity index is 974. The Hall–Kier alpha value is -3.42. The molecule has 0 saturated carbocycles. The van der Waals surface area contributed by atoms with Gasteiger partial charge in [0.1, 0.15) is 5.82 Å². The Morgan fingerprint density at radius 1 is 1.12 bits per heavy atom. The molecule has 1 aromatic heterocycles. The molecule has 1 aliphatic rings. The third-order valence-corrected chi connectivity index (χ3v) is 4.27. The first-order valence-electron chi connectivity index (χ1n) is 8.00. The van der Waals surface area contributed by atoms with Crippen molar-refractivity contribution in [2.75, 3.05) is 19.8 Å². The van der Waals surface area contributed by atoms with Crippen molar-refractivity contribution < 1.29 is 14.4 Å². The molecule has 0 atom stereocenters. The van der Waals surface area contributed by atoms with E-state index in [0.717, 1.165) is 11.6 Å². The number of aromatic nitrogens is 1. The number of fused-ring (bicyclic) bond motifs is 1. The smallest absolute Gasteiger partial charge is 0.262 e. The summed E-state index contributed by atoms with van der Waals surface area (Å²) in [6, 6.07) is 8.07. The number of nitrogens with zero attached hydrogens (tertiary/aromatic N) is 2. The van der Waals surface area contributed by atoms with Crippen LogP contribution in [0.1, 0.15) is 32.7 Å². The van der Waals surface area contributed by atoms with E-state index in [-0.39, 0.29) is 22.9 Å². The van der Waals surface area contributed by atoms with Gasteiger partial charge < -0.3 is 10.6 Å². The molecule has 0 fully saturated rings. The van der Waals surface area contributed by atoms with Crippen molar-refractivity contribution in [3.05, 3.63) is 57.4 Å². The minimum Gasteiger partial charge on any atom is -0.384 e. The molecule has 8 nitrogen and oxygen atoms in total. The van der Waals surface area contributed by atoms with Gasteiger partial charge in [-0.05, 0) is 24.1 Å². The molecule has 1 aliphatic heterocycles. The predicted molar refractivity (Wildman–Crippen MR) is 95.3 cm³/mol. The first kappa shape index (κ1) is 17.4. The van der Waals surface area contributed by atoms with Crippen LogP contribution in [0.15, 0.2) is 35.1 Å².